The van der Waals surface area contributed by atoms with Gasteiger partial charge in [-0.25, -0.2) is 0 Å². The number of carbonyl (C=O) groups is 1. The number of carbonyl (C=O) groups excluding carboxylic acids is 1. The van der Waals surface area contributed by atoms with E-state index in [1.165, 1.54) is 6.07 Å². The number of anilines is 1. The second-order valence-corrected chi connectivity index (χ2v) is 4.12. The van der Waals surface area contributed by atoms with Gasteiger partial charge >= 0.3 is 6.18 Å². The molecule has 0 aliphatic carbocycles. The van der Waals surface area contributed by atoms with Crippen LogP contribution in [0.25, 0.3) is 0 Å². The molecule has 0 atom stereocenters. The van der Waals surface area contributed by atoms with Crippen molar-refractivity contribution in [3.8, 4) is 0 Å². The molecule has 0 unspecified atom stereocenters. The summed E-state index contributed by atoms with van der Waals surface area (Å²) in [6, 6.07) is 2.45. The van der Waals surface area contributed by atoms with Crippen LogP contribution in [0.15, 0.2) is 16.6 Å². The van der Waals surface area contributed by atoms with Crippen LogP contribution in [0.3, 0.4) is 0 Å². The third kappa shape index (κ3) is 1.86. The van der Waals surface area contributed by atoms with Crippen LogP contribution < -0.4 is 5.32 Å². The van der Waals surface area contributed by atoms with Crippen molar-refractivity contribution in [1.29, 1.82) is 0 Å². The van der Waals surface area contributed by atoms with E-state index in [9.17, 15) is 18.0 Å². The lowest BCUT2D eigenvalue weighted by atomic mass is 10.0. The van der Waals surface area contributed by atoms with Crippen LogP contribution in [-0.4, -0.2) is 5.91 Å². The highest BCUT2D eigenvalue weighted by Crippen LogP contribution is 2.39. The van der Waals surface area contributed by atoms with E-state index in [4.69, 9.17) is 0 Å². The van der Waals surface area contributed by atoms with Gasteiger partial charge in [0.15, 0.2) is 0 Å². The summed E-state index contributed by atoms with van der Waals surface area (Å²) in [6.07, 6.45) is -4.64. The fourth-order valence-corrected chi connectivity index (χ4v) is 2.00. The number of alkyl halides is 3. The van der Waals surface area contributed by atoms with Gasteiger partial charge in [-0.05, 0) is 17.7 Å². The lowest BCUT2D eigenvalue weighted by Gasteiger charge is -2.11. The Kier molecular flexibility index (Phi) is 2.26. The maximum atomic E-state index is 12.6. The Bertz CT molecular complexity index is 442. The van der Waals surface area contributed by atoms with Crippen molar-refractivity contribution in [3.63, 3.8) is 0 Å². The fourth-order valence-electron chi connectivity index (χ4n) is 1.55. The molecular weight excluding hydrogens is 275 g/mol. The zero-order chi connectivity index (χ0) is 11.2. The van der Waals surface area contributed by atoms with Crippen LogP contribution in [0.4, 0.5) is 18.9 Å². The highest BCUT2D eigenvalue weighted by molar-refractivity contribution is 9.10. The van der Waals surface area contributed by atoms with E-state index in [0.29, 0.717) is 4.47 Å². The zero-order valence-corrected chi connectivity index (χ0v) is 8.87. The molecule has 2 nitrogen and oxygen atoms in total. The molecule has 6 heteroatoms. The summed E-state index contributed by atoms with van der Waals surface area (Å²) in [6.45, 7) is 0. The maximum absolute atomic E-state index is 12.6. The lowest BCUT2D eigenvalue weighted by molar-refractivity contribution is -0.138. The van der Waals surface area contributed by atoms with Gasteiger partial charge in [0.05, 0.1) is 12.0 Å². The van der Waals surface area contributed by atoms with Crippen LogP contribution >= 0.6 is 15.9 Å². The standard InChI is InChI=1S/C9H5BrF3NO/c10-4-1-6(9(11,12)13)5-3-8(15)14-7(5)2-4/h1-2H,3H2,(H,14,15). The smallest absolute Gasteiger partial charge is 0.325 e. The summed E-state index contributed by atoms with van der Waals surface area (Å²) >= 11 is 2.98. The molecule has 0 bridgehead atoms. The molecular formula is C9H5BrF3NO. The van der Waals surface area contributed by atoms with Crippen molar-refractivity contribution in [2.75, 3.05) is 5.32 Å². The van der Waals surface area contributed by atoms with Gasteiger partial charge in [-0.1, -0.05) is 15.9 Å². The monoisotopic (exact) mass is 279 g/mol. The van der Waals surface area contributed by atoms with Crippen molar-refractivity contribution < 1.29 is 18.0 Å². The third-order valence-electron chi connectivity index (χ3n) is 2.13. The Morgan fingerprint density at radius 2 is 2.00 bits per heavy atom. The molecule has 2 rings (SSSR count). The van der Waals surface area contributed by atoms with E-state index < -0.39 is 17.6 Å². The van der Waals surface area contributed by atoms with Crippen LogP contribution in [0, 0.1) is 0 Å². The number of hydrogen-bond acceptors (Lipinski definition) is 1. The van der Waals surface area contributed by atoms with E-state index in [1.807, 2.05) is 0 Å². The van der Waals surface area contributed by atoms with Gasteiger partial charge in [0, 0.05) is 10.2 Å². The molecule has 0 aromatic heterocycles. The largest absolute Gasteiger partial charge is 0.416 e. The van der Waals surface area contributed by atoms with Crippen LogP contribution in [-0.2, 0) is 17.4 Å². The minimum Gasteiger partial charge on any atom is -0.325 e. The Balaban J connectivity index is 2.62. The van der Waals surface area contributed by atoms with Gasteiger partial charge in [0.2, 0.25) is 5.91 Å². The molecule has 0 spiro atoms. The predicted octanol–water partition coefficient (Wildman–Crippen LogP) is 2.96. The van der Waals surface area contributed by atoms with Crippen molar-refractivity contribution >= 4 is 27.5 Å². The average Bonchev–Trinajstić information content (AvgIpc) is 2.41. The minimum absolute atomic E-state index is 0.0238. The van der Waals surface area contributed by atoms with Crippen molar-refractivity contribution in [3.05, 3.63) is 27.7 Å². The quantitative estimate of drug-likeness (QED) is 0.777. The van der Waals surface area contributed by atoms with Crippen molar-refractivity contribution in [2.24, 2.45) is 0 Å². The summed E-state index contributed by atoms with van der Waals surface area (Å²) in [5.41, 5.74) is -0.498. The van der Waals surface area contributed by atoms with E-state index in [-0.39, 0.29) is 17.7 Å². The highest BCUT2D eigenvalue weighted by Gasteiger charge is 2.37. The van der Waals surface area contributed by atoms with E-state index >= 15 is 0 Å². The van der Waals surface area contributed by atoms with Crippen LogP contribution in [0.5, 0.6) is 0 Å². The molecule has 1 aliphatic rings. The number of hydrogen-bond donors (Lipinski definition) is 1. The Morgan fingerprint density at radius 3 is 2.60 bits per heavy atom. The molecule has 15 heavy (non-hydrogen) atoms. The first-order valence-electron chi connectivity index (χ1n) is 4.07. The number of amides is 1. The highest BCUT2D eigenvalue weighted by atomic mass is 79.9. The molecule has 1 heterocycles. The number of nitrogens with one attached hydrogen (secondary N) is 1. The summed E-state index contributed by atoms with van der Waals surface area (Å²) in [5.74, 6) is -0.409. The topological polar surface area (TPSA) is 29.1 Å². The van der Waals surface area contributed by atoms with E-state index in [2.05, 4.69) is 21.2 Å². The molecule has 0 saturated carbocycles. The molecule has 0 saturated heterocycles. The molecule has 1 amide bonds. The Hall–Kier alpha value is -1.04. The van der Waals surface area contributed by atoms with E-state index in [1.54, 1.807) is 0 Å². The van der Waals surface area contributed by atoms with Gasteiger partial charge in [-0.2, -0.15) is 13.2 Å². The third-order valence-corrected chi connectivity index (χ3v) is 2.59. The van der Waals surface area contributed by atoms with Gasteiger partial charge in [-0.15, -0.1) is 0 Å². The first-order valence-corrected chi connectivity index (χ1v) is 4.86. The average molecular weight is 280 g/mol. The van der Waals surface area contributed by atoms with Crippen LogP contribution in [0.2, 0.25) is 0 Å². The lowest BCUT2D eigenvalue weighted by Crippen LogP contribution is -2.09. The number of rotatable bonds is 0. The number of benzene rings is 1. The summed E-state index contributed by atoms with van der Waals surface area (Å²) < 4.78 is 38.1. The Morgan fingerprint density at radius 1 is 1.33 bits per heavy atom. The van der Waals surface area contributed by atoms with Gasteiger partial charge in [0.1, 0.15) is 0 Å². The van der Waals surface area contributed by atoms with E-state index in [0.717, 1.165) is 6.07 Å². The first-order chi connectivity index (χ1) is 6.88. The number of fused-ring (bicyclic) bond motifs is 1. The summed E-state index contributed by atoms with van der Waals surface area (Å²) in [4.78, 5) is 11.0. The normalized spacial score (nSPS) is 15.1. The molecule has 1 aromatic rings. The summed E-state index contributed by atoms with van der Waals surface area (Å²) in [7, 11) is 0. The zero-order valence-electron chi connectivity index (χ0n) is 7.28. The molecule has 80 valence electrons. The maximum Gasteiger partial charge on any atom is 0.416 e. The second-order valence-electron chi connectivity index (χ2n) is 3.20. The molecule has 1 aliphatic heterocycles. The van der Waals surface area contributed by atoms with Gasteiger partial charge in [0.25, 0.3) is 0 Å². The summed E-state index contributed by atoms with van der Waals surface area (Å²) in [5, 5.41) is 2.38. The SMILES string of the molecule is O=C1Cc2c(cc(Br)cc2C(F)(F)F)N1. The molecule has 1 N–H and O–H groups in total. The first kappa shape index (κ1) is 10.5. The van der Waals surface area contributed by atoms with Crippen LogP contribution in [0.1, 0.15) is 11.1 Å². The predicted molar refractivity (Wildman–Crippen MR) is 51.5 cm³/mol. The number of halogens is 4. The molecule has 1 aromatic carbocycles. The van der Waals surface area contributed by atoms with Crippen molar-refractivity contribution in [2.45, 2.75) is 12.6 Å². The fraction of sp³-hybridized carbons (Fsp3) is 0.222. The Labute approximate surface area is 91.6 Å². The molecule has 0 radical (unpaired) electrons. The minimum atomic E-state index is -4.43. The second kappa shape index (κ2) is 3.23. The van der Waals surface area contributed by atoms with Gasteiger partial charge in [-0.3, -0.25) is 4.79 Å². The van der Waals surface area contributed by atoms with Crippen molar-refractivity contribution in [1.82, 2.24) is 0 Å². The van der Waals surface area contributed by atoms with Gasteiger partial charge < -0.3 is 5.32 Å². The molecule has 0 fully saturated rings.